The van der Waals surface area contributed by atoms with Crippen LogP contribution < -0.4 is 0 Å². The molecule has 0 aromatic rings. The maximum atomic E-state index is 5.60. The van der Waals surface area contributed by atoms with Crippen molar-refractivity contribution in [1.82, 2.24) is 0 Å². The van der Waals surface area contributed by atoms with E-state index in [1.54, 1.807) is 12.0 Å². The highest BCUT2D eigenvalue weighted by atomic mass is 32.2. The fourth-order valence-electron chi connectivity index (χ4n) is 0.297. The van der Waals surface area contributed by atoms with Crippen molar-refractivity contribution in [3.63, 3.8) is 0 Å². The summed E-state index contributed by atoms with van der Waals surface area (Å²) in [5, 5.41) is 0. The number of rotatable bonds is 3. The molecule has 0 aromatic carbocycles. The van der Waals surface area contributed by atoms with E-state index in [1.165, 1.54) is 0 Å². The van der Waals surface area contributed by atoms with Gasteiger partial charge in [-0.05, 0) is 53.1 Å². The zero-order valence-corrected chi connectivity index (χ0v) is 9.34. The van der Waals surface area contributed by atoms with E-state index >= 15 is 0 Å². The van der Waals surface area contributed by atoms with Crippen molar-refractivity contribution in [3.8, 4) is 0 Å². The Labute approximate surface area is 75.1 Å². The third kappa shape index (κ3) is 6.70. The summed E-state index contributed by atoms with van der Waals surface area (Å²) in [7, 11) is 0. The van der Waals surface area contributed by atoms with Gasteiger partial charge < -0.3 is 4.18 Å². The summed E-state index contributed by atoms with van der Waals surface area (Å²) in [5.41, 5.74) is -0.0306. The predicted octanol–water partition coefficient (Wildman–Crippen LogP) is 3.64. The quantitative estimate of drug-likeness (QED) is 0.607. The first-order valence-corrected chi connectivity index (χ1v) is 4.88. The van der Waals surface area contributed by atoms with E-state index in [0.717, 1.165) is 6.42 Å². The largest absolute Gasteiger partial charge is 0.309 e. The smallest absolute Gasteiger partial charge is 0.0745 e. The molecule has 0 saturated heterocycles. The first kappa shape index (κ1) is 11.3. The summed E-state index contributed by atoms with van der Waals surface area (Å²) < 4.78 is 5.84. The van der Waals surface area contributed by atoms with Crippen LogP contribution >= 0.6 is 12.0 Å². The minimum absolute atomic E-state index is 0.0306. The van der Waals surface area contributed by atoms with Crippen LogP contribution in [0.25, 0.3) is 0 Å². The fraction of sp³-hybridized carbons (Fsp3) is 1.00. The van der Waals surface area contributed by atoms with Crippen molar-refractivity contribution < 1.29 is 4.18 Å². The lowest BCUT2D eigenvalue weighted by atomic mass is 10.1. The van der Waals surface area contributed by atoms with Crippen LogP contribution in [0.2, 0.25) is 0 Å². The summed E-state index contributed by atoms with van der Waals surface area (Å²) >= 11 is 1.59. The van der Waals surface area contributed by atoms with Crippen LogP contribution in [0.4, 0.5) is 0 Å². The van der Waals surface area contributed by atoms with Crippen molar-refractivity contribution >= 4 is 12.0 Å². The van der Waals surface area contributed by atoms with Crippen LogP contribution in [0.1, 0.15) is 48.0 Å². The van der Waals surface area contributed by atoms with E-state index in [2.05, 4.69) is 41.5 Å². The van der Waals surface area contributed by atoms with Gasteiger partial charge in [0.1, 0.15) is 0 Å². The summed E-state index contributed by atoms with van der Waals surface area (Å²) in [6, 6.07) is 0. The van der Waals surface area contributed by atoms with Gasteiger partial charge in [0.15, 0.2) is 0 Å². The second-order valence-electron chi connectivity index (χ2n) is 4.39. The lowest BCUT2D eigenvalue weighted by molar-refractivity contribution is 0.161. The van der Waals surface area contributed by atoms with Crippen molar-refractivity contribution in [2.75, 3.05) is 0 Å². The summed E-state index contributed by atoms with van der Waals surface area (Å²) in [4.78, 5) is 0. The summed E-state index contributed by atoms with van der Waals surface area (Å²) in [5.74, 6) is 0. The molecule has 0 spiro atoms. The van der Waals surface area contributed by atoms with Crippen molar-refractivity contribution in [2.24, 2.45) is 0 Å². The Balaban J connectivity index is 3.70. The molecule has 11 heavy (non-hydrogen) atoms. The Morgan fingerprint density at radius 1 is 1.09 bits per heavy atom. The van der Waals surface area contributed by atoms with Gasteiger partial charge in [0.05, 0.1) is 5.60 Å². The monoisotopic (exact) mass is 176 g/mol. The van der Waals surface area contributed by atoms with Gasteiger partial charge in [-0.2, -0.15) is 0 Å². The maximum absolute atomic E-state index is 5.60. The lowest BCUT2D eigenvalue weighted by Crippen LogP contribution is -2.21. The molecule has 0 aliphatic rings. The highest BCUT2D eigenvalue weighted by molar-refractivity contribution is 7.96. The third-order valence-electron chi connectivity index (χ3n) is 1.37. The molecule has 1 nitrogen and oxygen atoms in total. The highest BCUT2D eigenvalue weighted by Gasteiger charge is 2.21. The highest BCUT2D eigenvalue weighted by Crippen LogP contribution is 2.32. The number of hydrogen-bond acceptors (Lipinski definition) is 2. The molecule has 2 heteroatoms. The molecule has 0 unspecified atom stereocenters. The van der Waals surface area contributed by atoms with Crippen LogP contribution in [0, 0.1) is 0 Å². The van der Waals surface area contributed by atoms with Crippen LogP contribution in [0.5, 0.6) is 0 Å². The van der Waals surface area contributed by atoms with Crippen LogP contribution in [-0.4, -0.2) is 10.3 Å². The zero-order valence-electron chi connectivity index (χ0n) is 8.52. The zero-order chi connectivity index (χ0) is 9.12. The van der Waals surface area contributed by atoms with E-state index in [9.17, 15) is 0 Å². The van der Waals surface area contributed by atoms with E-state index < -0.39 is 0 Å². The van der Waals surface area contributed by atoms with E-state index in [0.29, 0.717) is 0 Å². The average Bonchev–Trinajstić information content (AvgIpc) is 1.83. The molecule has 0 atom stereocenters. The van der Waals surface area contributed by atoms with Crippen LogP contribution in [-0.2, 0) is 4.18 Å². The van der Waals surface area contributed by atoms with E-state index in [1.807, 2.05) is 0 Å². The SMILES string of the molecule is CCC(C)(C)SOC(C)(C)C. The second-order valence-corrected chi connectivity index (χ2v) is 5.83. The third-order valence-corrected chi connectivity index (χ3v) is 2.69. The van der Waals surface area contributed by atoms with Gasteiger partial charge in [-0.15, -0.1) is 0 Å². The predicted molar refractivity (Wildman–Crippen MR) is 52.8 cm³/mol. The van der Waals surface area contributed by atoms with Gasteiger partial charge in [0.25, 0.3) is 0 Å². The molecule has 0 heterocycles. The minimum atomic E-state index is -0.0306. The van der Waals surface area contributed by atoms with E-state index in [4.69, 9.17) is 4.18 Å². The van der Waals surface area contributed by atoms with Crippen molar-refractivity contribution in [3.05, 3.63) is 0 Å². The summed E-state index contributed by atoms with van der Waals surface area (Å²) in [6.07, 6.45) is 1.13. The Morgan fingerprint density at radius 2 is 1.55 bits per heavy atom. The second kappa shape index (κ2) is 3.81. The first-order chi connectivity index (χ1) is 4.77. The Kier molecular flexibility index (Phi) is 3.92. The average molecular weight is 176 g/mol. The van der Waals surface area contributed by atoms with Gasteiger partial charge in [0, 0.05) is 4.75 Å². The maximum Gasteiger partial charge on any atom is 0.0745 e. The molecule has 0 amide bonds. The van der Waals surface area contributed by atoms with Gasteiger partial charge in [-0.3, -0.25) is 0 Å². The fourth-order valence-corrected chi connectivity index (χ4v) is 0.890. The van der Waals surface area contributed by atoms with Gasteiger partial charge in [0.2, 0.25) is 0 Å². The Hall–Kier alpha value is 0.310. The molecule has 0 radical (unpaired) electrons. The molecule has 0 aromatic heterocycles. The Bertz CT molecular complexity index is 113. The van der Waals surface area contributed by atoms with E-state index in [-0.39, 0.29) is 10.3 Å². The van der Waals surface area contributed by atoms with Crippen LogP contribution in [0.3, 0.4) is 0 Å². The minimum Gasteiger partial charge on any atom is -0.309 e. The van der Waals surface area contributed by atoms with Crippen molar-refractivity contribution in [2.45, 2.75) is 58.3 Å². The standard InChI is InChI=1S/C9H20OS/c1-7-9(5,6)11-10-8(2,3)4/h7H2,1-6H3. The topological polar surface area (TPSA) is 9.23 Å². The van der Waals surface area contributed by atoms with Gasteiger partial charge in [-0.1, -0.05) is 6.92 Å². The molecule has 68 valence electrons. The molecular formula is C9H20OS. The van der Waals surface area contributed by atoms with Crippen LogP contribution in [0.15, 0.2) is 0 Å². The molecule has 0 aliphatic carbocycles. The first-order valence-electron chi connectivity index (χ1n) is 4.14. The normalized spacial score (nSPS) is 13.6. The molecule has 0 saturated carbocycles. The Morgan fingerprint density at radius 3 is 1.82 bits per heavy atom. The molecular weight excluding hydrogens is 156 g/mol. The molecule has 0 aliphatic heterocycles. The van der Waals surface area contributed by atoms with Gasteiger partial charge >= 0.3 is 0 Å². The summed E-state index contributed by atoms with van der Waals surface area (Å²) in [6.45, 7) is 12.8. The molecule has 0 N–H and O–H groups in total. The molecule has 0 fully saturated rings. The van der Waals surface area contributed by atoms with Crippen molar-refractivity contribution in [1.29, 1.82) is 0 Å². The molecule has 0 bridgehead atoms. The van der Waals surface area contributed by atoms with Gasteiger partial charge in [-0.25, -0.2) is 0 Å². The molecule has 0 rings (SSSR count). The number of hydrogen-bond donors (Lipinski definition) is 0. The lowest BCUT2D eigenvalue weighted by Gasteiger charge is -2.26.